The molecule has 2 rings (SSSR count). The molecule has 0 saturated heterocycles. The fourth-order valence-corrected chi connectivity index (χ4v) is 2.18. The molecule has 78 valence electrons. The van der Waals surface area contributed by atoms with Crippen LogP contribution in [0.1, 0.15) is 51.4 Å². The topological polar surface area (TPSA) is 9.23 Å². The fourth-order valence-electron chi connectivity index (χ4n) is 2.18. The van der Waals surface area contributed by atoms with Gasteiger partial charge in [0.15, 0.2) is 0 Å². The SMILES string of the molecule is C1=C(C2=CCCCCO2)CCCCC1. The van der Waals surface area contributed by atoms with Crippen molar-refractivity contribution in [2.24, 2.45) is 0 Å². The Bertz CT molecular complexity index is 212. The van der Waals surface area contributed by atoms with E-state index in [1.165, 1.54) is 62.7 Å². The average molecular weight is 192 g/mol. The largest absolute Gasteiger partial charge is 0.494 e. The van der Waals surface area contributed by atoms with Gasteiger partial charge in [-0.1, -0.05) is 12.5 Å². The van der Waals surface area contributed by atoms with Crippen LogP contribution in [0.2, 0.25) is 0 Å². The predicted octanol–water partition coefficient (Wildman–Crippen LogP) is 3.96. The molecule has 0 N–H and O–H groups in total. The van der Waals surface area contributed by atoms with Crippen molar-refractivity contribution in [3.8, 4) is 0 Å². The molecule has 0 aromatic rings. The summed E-state index contributed by atoms with van der Waals surface area (Å²) in [5.74, 6) is 1.20. The molecule has 0 bridgehead atoms. The quantitative estimate of drug-likeness (QED) is 0.611. The zero-order chi connectivity index (χ0) is 9.64. The number of allylic oxidation sites excluding steroid dienone is 3. The molecule has 0 amide bonds. The molecule has 0 radical (unpaired) electrons. The van der Waals surface area contributed by atoms with E-state index in [9.17, 15) is 0 Å². The van der Waals surface area contributed by atoms with Gasteiger partial charge in [-0.2, -0.15) is 0 Å². The standard InChI is InChI=1S/C13H20O/c1-2-5-9-12(8-4-1)13-10-6-3-7-11-14-13/h8,10H,1-7,9,11H2. The van der Waals surface area contributed by atoms with Gasteiger partial charge in [0.1, 0.15) is 5.76 Å². The molecule has 1 aliphatic carbocycles. The molecule has 0 unspecified atom stereocenters. The van der Waals surface area contributed by atoms with E-state index in [0.717, 1.165) is 6.61 Å². The Labute approximate surface area is 86.8 Å². The highest BCUT2D eigenvalue weighted by molar-refractivity contribution is 5.26. The number of hydrogen-bond acceptors (Lipinski definition) is 1. The summed E-state index contributed by atoms with van der Waals surface area (Å²) < 4.78 is 5.79. The van der Waals surface area contributed by atoms with Gasteiger partial charge >= 0.3 is 0 Å². The highest BCUT2D eigenvalue weighted by Gasteiger charge is 2.10. The summed E-state index contributed by atoms with van der Waals surface area (Å²) >= 11 is 0. The number of rotatable bonds is 1. The van der Waals surface area contributed by atoms with Crippen molar-refractivity contribution in [3.63, 3.8) is 0 Å². The van der Waals surface area contributed by atoms with Crippen LogP contribution in [0.15, 0.2) is 23.5 Å². The van der Waals surface area contributed by atoms with Crippen LogP contribution < -0.4 is 0 Å². The summed E-state index contributed by atoms with van der Waals surface area (Å²) in [5.41, 5.74) is 1.48. The molecule has 0 fully saturated rings. The minimum absolute atomic E-state index is 0.920. The molecule has 2 aliphatic rings. The number of ether oxygens (including phenoxy) is 1. The smallest absolute Gasteiger partial charge is 0.118 e. The van der Waals surface area contributed by atoms with Gasteiger partial charge in [-0.05, 0) is 56.6 Å². The summed E-state index contributed by atoms with van der Waals surface area (Å²) in [6.07, 6.45) is 14.9. The second-order valence-electron chi connectivity index (χ2n) is 4.24. The second-order valence-corrected chi connectivity index (χ2v) is 4.24. The lowest BCUT2D eigenvalue weighted by Gasteiger charge is -2.10. The summed E-state index contributed by atoms with van der Waals surface area (Å²) in [7, 11) is 0. The van der Waals surface area contributed by atoms with Gasteiger partial charge < -0.3 is 4.74 Å². The van der Waals surface area contributed by atoms with Crippen LogP contribution in [0.5, 0.6) is 0 Å². The van der Waals surface area contributed by atoms with Crippen molar-refractivity contribution < 1.29 is 4.74 Å². The van der Waals surface area contributed by atoms with Crippen LogP contribution in [0.3, 0.4) is 0 Å². The third-order valence-electron chi connectivity index (χ3n) is 3.04. The van der Waals surface area contributed by atoms with E-state index in [1.54, 1.807) is 0 Å². The maximum atomic E-state index is 5.79. The molecular weight excluding hydrogens is 172 g/mol. The van der Waals surface area contributed by atoms with Crippen molar-refractivity contribution in [2.75, 3.05) is 6.61 Å². The summed E-state index contributed by atoms with van der Waals surface area (Å²) in [6.45, 7) is 0.920. The van der Waals surface area contributed by atoms with E-state index in [-0.39, 0.29) is 0 Å². The molecular formula is C13H20O. The van der Waals surface area contributed by atoms with Crippen molar-refractivity contribution in [1.82, 2.24) is 0 Å². The van der Waals surface area contributed by atoms with Gasteiger partial charge in [0, 0.05) is 0 Å². The molecule has 1 heteroatoms. The monoisotopic (exact) mass is 192 g/mol. The molecule has 0 aromatic heterocycles. The Morgan fingerprint density at radius 1 is 0.857 bits per heavy atom. The van der Waals surface area contributed by atoms with E-state index in [1.807, 2.05) is 0 Å². The molecule has 0 atom stereocenters. The van der Waals surface area contributed by atoms with Gasteiger partial charge in [-0.3, -0.25) is 0 Å². The minimum Gasteiger partial charge on any atom is -0.494 e. The van der Waals surface area contributed by atoms with Crippen LogP contribution in [0.25, 0.3) is 0 Å². The number of hydrogen-bond donors (Lipinski definition) is 0. The first-order valence-corrected chi connectivity index (χ1v) is 5.99. The molecule has 0 saturated carbocycles. The van der Waals surface area contributed by atoms with Crippen LogP contribution in [0.4, 0.5) is 0 Å². The van der Waals surface area contributed by atoms with Crippen molar-refractivity contribution >= 4 is 0 Å². The van der Waals surface area contributed by atoms with E-state index in [0.29, 0.717) is 0 Å². The van der Waals surface area contributed by atoms with Gasteiger partial charge in [0.2, 0.25) is 0 Å². The second kappa shape index (κ2) is 5.23. The maximum Gasteiger partial charge on any atom is 0.118 e. The average Bonchev–Trinajstić information content (AvgIpc) is 2.62. The summed E-state index contributed by atoms with van der Waals surface area (Å²) in [6, 6.07) is 0. The minimum atomic E-state index is 0.920. The summed E-state index contributed by atoms with van der Waals surface area (Å²) in [5, 5.41) is 0. The summed E-state index contributed by atoms with van der Waals surface area (Å²) in [4.78, 5) is 0. The third kappa shape index (κ3) is 2.63. The Balaban J connectivity index is 2.03. The van der Waals surface area contributed by atoms with Gasteiger partial charge in [0.25, 0.3) is 0 Å². The Morgan fingerprint density at radius 3 is 2.71 bits per heavy atom. The van der Waals surface area contributed by atoms with Crippen LogP contribution in [-0.4, -0.2) is 6.61 Å². The van der Waals surface area contributed by atoms with Crippen molar-refractivity contribution in [3.05, 3.63) is 23.5 Å². The van der Waals surface area contributed by atoms with Crippen molar-refractivity contribution in [2.45, 2.75) is 51.4 Å². The van der Waals surface area contributed by atoms with Gasteiger partial charge in [-0.15, -0.1) is 0 Å². The lowest BCUT2D eigenvalue weighted by molar-refractivity contribution is 0.219. The Kier molecular flexibility index (Phi) is 3.67. The van der Waals surface area contributed by atoms with Crippen LogP contribution in [0, 0.1) is 0 Å². The zero-order valence-corrected chi connectivity index (χ0v) is 8.93. The molecule has 0 aromatic carbocycles. The highest BCUT2D eigenvalue weighted by Crippen LogP contribution is 2.26. The molecule has 1 heterocycles. The van der Waals surface area contributed by atoms with Gasteiger partial charge in [0.05, 0.1) is 6.61 Å². The van der Waals surface area contributed by atoms with Crippen LogP contribution >= 0.6 is 0 Å². The third-order valence-corrected chi connectivity index (χ3v) is 3.04. The van der Waals surface area contributed by atoms with Crippen molar-refractivity contribution in [1.29, 1.82) is 0 Å². The zero-order valence-electron chi connectivity index (χ0n) is 8.93. The van der Waals surface area contributed by atoms with E-state index >= 15 is 0 Å². The first kappa shape index (κ1) is 9.82. The predicted molar refractivity (Wildman–Crippen MR) is 59.1 cm³/mol. The van der Waals surface area contributed by atoms with Gasteiger partial charge in [-0.25, -0.2) is 0 Å². The molecule has 14 heavy (non-hydrogen) atoms. The first-order chi connectivity index (χ1) is 6.97. The lowest BCUT2D eigenvalue weighted by Crippen LogP contribution is -1.96. The Morgan fingerprint density at radius 2 is 1.71 bits per heavy atom. The maximum absolute atomic E-state index is 5.79. The highest BCUT2D eigenvalue weighted by atomic mass is 16.5. The molecule has 0 spiro atoms. The molecule has 1 aliphatic heterocycles. The fraction of sp³-hybridized carbons (Fsp3) is 0.692. The lowest BCUT2D eigenvalue weighted by atomic mass is 10.1. The first-order valence-electron chi connectivity index (χ1n) is 5.99. The van der Waals surface area contributed by atoms with E-state index < -0.39 is 0 Å². The van der Waals surface area contributed by atoms with E-state index in [4.69, 9.17) is 4.74 Å². The molecule has 1 nitrogen and oxygen atoms in total. The van der Waals surface area contributed by atoms with E-state index in [2.05, 4.69) is 12.2 Å². The Hall–Kier alpha value is -0.720. The normalized spacial score (nSPS) is 24.0. The van der Waals surface area contributed by atoms with Crippen LogP contribution in [-0.2, 0) is 4.74 Å².